The summed E-state index contributed by atoms with van der Waals surface area (Å²) in [5.74, 6) is 0.729. The van der Waals surface area contributed by atoms with Gasteiger partial charge in [-0.1, -0.05) is 0 Å². The molecule has 1 N–H and O–H groups in total. The molecule has 0 aliphatic carbocycles. The molecule has 2 heterocycles. The molecule has 0 aromatic carbocycles. The van der Waals surface area contributed by atoms with E-state index in [0.717, 1.165) is 38.6 Å². The van der Waals surface area contributed by atoms with Gasteiger partial charge in [0.25, 0.3) is 0 Å². The molecule has 0 radical (unpaired) electrons. The molecule has 12 heavy (non-hydrogen) atoms. The molecule has 2 aliphatic heterocycles. The lowest BCUT2D eigenvalue weighted by atomic mass is 9.85. The molecule has 0 saturated carbocycles. The van der Waals surface area contributed by atoms with Gasteiger partial charge in [0.15, 0.2) is 0 Å². The lowest BCUT2D eigenvalue weighted by molar-refractivity contribution is -0.0679. The third kappa shape index (κ3) is 1.49. The van der Waals surface area contributed by atoms with Crippen molar-refractivity contribution in [2.24, 2.45) is 5.92 Å². The van der Waals surface area contributed by atoms with Gasteiger partial charge in [0, 0.05) is 33.4 Å². The van der Waals surface area contributed by atoms with Crippen LogP contribution in [0.25, 0.3) is 0 Å². The minimum absolute atomic E-state index is 0.137. The zero-order chi connectivity index (χ0) is 8.44. The van der Waals surface area contributed by atoms with E-state index in [4.69, 9.17) is 9.47 Å². The Labute approximate surface area is 73.4 Å². The minimum Gasteiger partial charge on any atom is -0.381 e. The van der Waals surface area contributed by atoms with Gasteiger partial charge in [-0.25, -0.2) is 0 Å². The molecule has 1 atom stereocenters. The van der Waals surface area contributed by atoms with Crippen LogP contribution in [0.15, 0.2) is 0 Å². The first-order chi connectivity index (χ1) is 5.85. The fourth-order valence-electron chi connectivity index (χ4n) is 2.05. The zero-order valence-corrected chi connectivity index (χ0v) is 7.64. The van der Waals surface area contributed by atoms with E-state index >= 15 is 0 Å². The van der Waals surface area contributed by atoms with Gasteiger partial charge in [0.05, 0.1) is 5.60 Å². The Kier molecular flexibility index (Phi) is 2.35. The molecule has 0 aromatic heterocycles. The van der Waals surface area contributed by atoms with Crippen LogP contribution < -0.4 is 5.32 Å². The highest BCUT2D eigenvalue weighted by atomic mass is 16.5. The SMILES string of the molecule is COC1(CC2CCOC2)CNC1. The molecule has 2 fully saturated rings. The highest BCUT2D eigenvalue weighted by molar-refractivity contribution is 4.96. The van der Waals surface area contributed by atoms with Gasteiger partial charge in [-0.15, -0.1) is 0 Å². The van der Waals surface area contributed by atoms with Gasteiger partial charge in [-0.05, 0) is 18.8 Å². The van der Waals surface area contributed by atoms with Gasteiger partial charge in [-0.3, -0.25) is 0 Å². The molecule has 0 amide bonds. The Morgan fingerprint density at radius 2 is 2.42 bits per heavy atom. The largest absolute Gasteiger partial charge is 0.381 e. The van der Waals surface area contributed by atoms with Crippen molar-refractivity contribution in [2.75, 3.05) is 33.4 Å². The summed E-state index contributed by atoms with van der Waals surface area (Å²) < 4.78 is 10.9. The van der Waals surface area contributed by atoms with Crippen LogP contribution >= 0.6 is 0 Å². The van der Waals surface area contributed by atoms with E-state index in [1.807, 2.05) is 7.11 Å². The second kappa shape index (κ2) is 3.32. The Hall–Kier alpha value is -0.120. The molecule has 2 rings (SSSR count). The van der Waals surface area contributed by atoms with E-state index in [2.05, 4.69) is 5.32 Å². The van der Waals surface area contributed by atoms with Crippen LogP contribution in [0.4, 0.5) is 0 Å². The molecule has 3 nitrogen and oxygen atoms in total. The summed E-state index contributed by atoms with van der Waals surface area (Å²) in [5, 5.41) is 3.26. The Morgan fingerprint density at radius 3 is 2.83 bits per heavy atom. The molecule has 2 aliphatic rings. The first-order valence-corrected chi connectivity index (χ1v) is 4.68. The number of hydrogen-bond donors (Lipinski definition) is 1. The van der Waals surface area contributed by atoms with Crippen LogP contribution in [0.2, 0.25) is 0 Å². The van der Waals surface area contributed by atoms with Crippen molar-refractivity contribution in [3.63, 3.8) is 0 Å². The van der Waals surface area contributed by atoms with Crippen molar-refractivity contribution in [3.8, 4) is 0 Å². The first kappa shape index (κ1) is 8.48. The molecular weight excluding hydrogens is 154 g/mol. The molecule has 70 valence electrons. The quantitative estimate of drug-likeness (QED) is 0.667. The fourth-order valence-corrected chi connectivity index (χ4v) is 2.05. The summed E-state index contributed by atoms with van der Waals surface area (Å²) in [7, 11) is 1.82. The van der Waals surface area contributed by atoms with Crippen molar-refractivity contribution in [2.45, 2.75) is 18.4 Å². The van der Waals surface area contributed by atoms with Crippen molar-refractivity contribution >= 4 is 0 Å². The van der Waals surface area contributed by atoms with Gasteiger partial charge in [0.2, 0.25) is 0 Å². The topological polar surface area (TPSA) is 30.5 Å². The number of methoxy groups -OCH3 is 1. The molecule has 3 heteroatoms. The highest BCUT2D eigenvalue weighted by Gasteiger charge is 2.39. The monoisotopic (exact) mass is 171 g/mol. The van der Waals surface area contributed by atoms with E-state index in [1.165, 1.54) is 6.42 Å². The molecule has 1 unspecified atom stereocenters. The average Bonchev–Trinajstić information content (AvgIpc) is 2.49. The highest BCUT2D eigenvalue weighted by Crippen LogP contribution is 2.29. The average molecular weight is 171 g/mol. The summed E-state index contributed by atoms with van der Waals surface area (Å²) >= 11 is 0. The van der Waals surface area contributed by atoms with Crippen LogP contribution in [0.3, 0.4) is 0 Å². The maximum atomic E-state index is 5.52. The second-order valence-electron chi connectivity index (χ2n) is 3.92. The van der Waals surface area contributed by atoms with Crippen molar-refractivity contribution < 1.29 is 9.47 Å². The van der Waals surface area contributed by atoms with Crippen molar-refractivity contribution in [1.82, 2.24) is 5.32 Å². The van der Waals surface area contributed by atoms with E-state index in [1.54, 1.807) is 0 Å². The summed E-state index contributed by atoms with van der Waals surface area (Å²) in [5.41, 5.74) is 0.137. The van der Waals surface area contributed by atoms with E-state index in [-0.39, 0.29) is 5.60 Å². The number of rotatable bonds is 3. The lowest BCUT2D eigenvalue weighted by Gasteiger charge is -2.42. The lowest BCUT2D eigenvalue weighted by Crippen LogP contribution is -2.61. The zero-order valence-electron chi connectivity index (χ0n) is 7.64. The Balaban J connectivity index is 1.83. The van der Waals surface area contributed by atoms with Crippen LogP contribution in [0.5, 0.6) is 0 Å². The first-order valence-electron chi connectivity index (χ1n) is 4.68. The van der Waals surface area contributed by atoms with Crippen LogP contribution in [-0.4, -0.2) is 39.0 Å². The predicted molar refractivity (Wildman–Crippen MR) is 46.2 cm³/mol. The number of hydrogen-bond acceptors (Lipinski definition) is 3. The predicted octanol–water partition coefficient (Wildman–Crippen LogP) is 0.401. The molecule has 0 aromatic rings. The maximum absolute atomic E-state index is 5.52. The standard InChI is InChI=1S/C9H17NO2/c1-11-9(6-10-7-9)4-8-2-3-12-5-8/h8,10H,2-7H2,1H3. The molecule has 0 bridgehead atoms. The third-order valence-electron chi connectivity index (χ3n) is 3.01. The van der Waals surface area contributed by atoms with Crippen molar-refractivity contribution in [3.05, 3.63) is 0 Å². The Morgan fingerprint density at radius 1 is 1.58 bits per heavy atom. The van der Waals surface area contributed by atoms with E-state index in [9.17, 15) is 0 Å². The molecule has 2 saturated heterocycles. The van der Waals surface area contributed by atoms with Crippen molar-refractivity contribution in [1.29, 1.82) is 0 Å². The van der Waals surface area contributed by atoms with Gasteiger partial charge < -0.3 is 14.8 Å². The smallest absolute Gasteiger partial charge is 0.0929 e. The van der Waals surface area contributed by atoms with E-state index in [0.29, 0.717) is 0 Å². The maximum Gasteiger partial charge on any atom is 0.0929 e. The molecular formula is C9H17NO2. The summed E-state index contributed by atoms with van der Waals surface area (Å²) in [6.07, 6.45) is 2.38. The number of ether oxygens (including phenoxy) is 2. The van der Waals surface area contributed by atoms with Crippen LogP contribution in [0.1, 0.15) is 12.8 Å². The van der Waals surface area contributed by atoms with Gasteiger partial charge >= 0.3 is 0 Å². The Bertz CT molecular complexity index is 145. The van der Waals surface area contributed by atoms with Gasteiger partial charge in [0.1, 0.15) is 0 Å². The summed E-state index contributed by atoms with van der Waals surface area (Å²) in [6.45, 7) is 3.91. The summed E-state index contributed by atoms with van der Waals surface area (Å²) in [4.78, 5) is 0. The van der Waals surface area contributed by atoms with Crippen LogP contribution in [0, 0.1) is 5.92 Å². The van der Waals surface area contributed by atoms with E-state index < -0.39 is 0 Å². The normalized spacial score (nSPS) is 33.2. The number of nitrogens with one attached hydrogen (secondary N) is 1. The van der Waals surface area contributed by atoms with Crippen LogP contribution in [-0.2, 0) is 9.47 Å². The molecule has 0 spiro atoms. The third-order valence-corrected chi connectivity index (χ3v) is 3.01. The fraction of sp³-hybridized carbons (Fsp3) is 1.00. The minimum atomic E-state index is 0.137. The summed E-state index contributed by atoms with van der Waals surface area (Å²) in [6, 6.07) is 0. The van der Waals surface area contributed by atoms with Gasteiger partial charge in [-0.2, -0.15) is 0 Å². The second-order valence-corrected chi connectivity index (χ2v) is 3.92.